The summed E-state index contributed by atoms with van der Waals surface area (Å²) in [5.41, 5.74) is 1.43. The number of anilines is 1. The number of hydrogen-bond acceptors (Lipinski definition) is 4. The molecule has 2 fully saturated rings. The molecule has 0 unspecified atom stereocenters. The molecule has 2 saturated heterocycles. The third-order valence-corrected chi connectivity index (χ3v) is 5.52. The Bertz CT molecular complexity index is 990. The van der Waals surface area contributed by atoms with Crippen LogP contribution in [0.5, 0.6) is 0 Å². The van der Waals surface area contributed by atoms with Gasteiger partial charge < -0.3 is 14.5 Å². The van der Waals surface area contributed by atoms with E-state index in [0.29, 0.717) is 50.6 Å². The predicted octanol–water partition coefficient (Wildman–Crippen LogP) is 3.03. The fourth-order valence-electron chi connectivity index (χ4n) is 3.54. The zero-order chi connectivity index (χ0) is 21.3. The average molecular weight is 432 g/mol. The molecule has 4 rings (SSSR count). The Morgan fingerprint density at radius 1 is 0.900 bits per heavy atom. The number of piperazine rings is 1. The van der Waals surface area contributed by atoms with Crippen LogP contribution in [-0.4, -0.2) is 67.0 Å². The van der Waals surface area contributed by atoms with Crippen LogP contribution in [0.25, 0.3) is 0 Å². The van der Waals surface area contributed by atoms with E-state index < -0.39 is 11.9 Å². The van der Waals surface area contributed by atoms with Gasteiger partial charge in [0.25, 0.3) is 11.8 Å². The van der Waals surface area contributed by atoms with E-state index in [1.165, 1.54) is 17.0 Å². The van der Waals surface area contributed by atoms with Crippen molar-refractivity contribution < 1.29 is 23.5 Å². The molecule has 0 spiro atoms. The lowest BCUT2D eigenvalue weighted by Gasteiger charge is -2.35. The second-order valence-electron chi connectivity index (χ2n) is 7.02. The summed E-state index contributed by atoms with van der Waals surface area (Å²) in [6.45, 7) is 2.31. The highest BCUT2D eigenvalue weighted by Gasteiger charge is 2.27. The lowest BCUT2D eigenvalue weighted by atomic mass is 10.1. The largest absolute Gasteiger partial charge is 0.447 e. The third kappa shape index (κ3) is 3.95. The van der Waals surface area contributed by atoms with E-state index in [2.05, 4.69) is 0 Å². The van der Waals surface area contributed by atoms with Gasteiger partial charge in [-0.3, -0.25) is 14.5 Å². The van der Waals surface area contributed by atoms with E-state index >= 15 is 0 Å². The molecule has 0 N–H and O–H groups in total. The van der Waals surface area contributed by atoms with E-state index in [9.17, 15) is 18.8 Å². The molecular weight excluding hydrogens is 413 g/mol. The molecule has 0 aliphatic carbocycles. The molecule has 0 saturated carbocycles. The molecule has 156 valence electrons. The van der Waals surface area contributed by atoms with Crippen molar-refractivity contribution in [3.05, 3.63) is 64.4 Å². The second-order valence-corrected chi connectivity index (χ2v) is 7.43. The van der Waals surface area contributed by atoms with Gasteiger partial charge in [0.15, 0.2) is 0 Å². The predicted molar refractivity (Wildman–Crippen MR) is 108 cm³/mol. The normalized spacial score (nSPS) is 16.6. The number of amides is 3. The van der Waals surface area contributed by atoms with Gasteiger partial charge in [0.05, 0.1) is 17.1 Å². The van der Waals surface area contributed by atoms with Crippen LogP contribution in [0.4, 0.5) is 14.9 Å². The number of ether oxygens (including phenoxy) is 1. The summed E-state index contributed by atoms with van der Waals surface area (Å²) in [6.07, 6.45) is -0.392. The first-order valence-electron chi connectivity index (χ1n) is 9.52. The molecule has 9 heteroatoms. The Hall–Kier alpha value is -3.13. The number of rotatable bonds is 3. The third-order valence-electron chi connectivity index (χ3n) is 5.20. The Kier molecular flexibility index (Phi) is 5.59. The molecule has 0 radical (unpaired) electrons. The van der Waals surface area contributed by atoms with Crippen molar-refractivity contribution in [1.29, 1.82) is 0 Å². The molecule has 2 aromatic rings. The van der Waals surface area contributed by atoms with Crippen LogP contribution in [0.15, 0.2) is 42.5 Å². The Morgan fingerprint density at radius 3 is 2.10 bits per heavy atom. The molecule has 3 amide bonds. The number of benzene rings is 2. The fraction of sp³-hybridized carbons (Fsp3) is 0.286. The maximum absolute atomic E-state index is 13.2. The van der Waals surface area contributed by atoms with Crippen LogP contribution in [0.2, 0.25) is 5.02 Å². The minimum absolute atomic E-state index is 0.0699. The topological polar surface area (TPSA) is 70.2 Å². The van der Waals surface area contributed by atoms with Crippen LogP contribution in [0.1, 0.15) is 20.7 Å². The van der Waals surface area contributed by atoms with Gasteiger partial charge in [-0.15, -0.1) is 0 Å². The average Bonchev–Trinajstić information content (AvgIpc) is 3.19. The first-order valence-corrected chi connectivity index (χ1v) is 9.90. The van der Waals surface area contributed by atoms with Gasteiger partial charge in [0.1, 0.15) is 12.4 Å². The summed E-state index contributed by atoms with van der Waals surface area (Å²) in [6, 6.07) is 10.5. The summed E-state index contributed by atoms with van der Waals surface area (Å²) in [5.74, 6) is -0.925. The maximum Gasteiger partial charge on any atom is 0.414 e. The molecule has 0 bridgehead atoms. The Labute approximate surface area is 177 Å². The standard InChI is InChI=1S/C21H19ClFN3O4/c22-18-13-15(23)3-6-17(18)20(28)25-9-7-24(8-10-25)19(27)14-1-4-16(5-2-14)26-11-12-30-21(26)29/h1-6,13H,7-12H2. The van der Waals surface area contributed by atoms with Crippen LogP contribution in [0.3, 0.4) is 0 Å². The van der Waals surface area contributed by atoms with Crippen LogP contribution in [-0.2, 0) is 4.74 Å². The summed E-state index contributed by atoms with van der Waals surface area (Å²) in [4.78, 5) is 41.9. The lowest BCUT2D eigenvalue weighted by molar-refractivity contribution is 0.0535. The highest BCUT2D eigenvalue weighted by Crippen LogP contribution is 2.22. The molecule has 0 atom stereocenters. The van der Waals surface area contributed by atoms with E-state index in [1.54, 1.807) is 34.1 Å². The van der Waals surface area contributed by atoms with Crippen molar-refractivity contribution >= 4 is 35.2 Å². The van der Waals surface area contributed by atoms with Gasteiger partial charge >= 0.3 is 6.09 Å². The molecule has 0 aromatic heterocycles. The van der Waals surface area contributed by atoms with Gasteiger partial charge in [-0.05, 0) is 42.5 Å². The van der Waals surface area contributed by atoms with Gasteiger partial charge in [0.2, 0.25) is 0 Å². The SMILES string of the molecule is O=C(c1ccc(N2CCOC2=O)cc1)N1CCN(C(=O)c2ccc(F)cc2Cl)CC1. The fourth-order valence-corrected chi connectivity index (χ4v) is 3.79. The van der Waals surface area contributed by atoms with E-state index in [0.717, 1.165) is 6.07 Å². The molecule has 7 nitrogen and oxygen atoms in total. The quantitative estimate of drug-likeness (QED) is 0.749. The number of carbonyl (C=O) groups excluding carboxylic acids is 3. The molecule has 2 aromatic carbocycles. The van der Waals surface area contributed by atoms with Gasteiger partial charge in [0, 0.05) is 37.4 Å². The van der Waals surface area contributed by atoms with Crippen molar-refractivity contribution in [2.24, 2.45) is 0 Å². The zero-order valence-corrected chi connectivity index (χ0v) is 16.8. The molecule has 2 heterocycles. The number of carbonyl (C=O) groups is 3. The molecule has 2 aliphatic rings. The van der Waals surface area contributed by atoms with E-state index in [4.69, 9.17) is 16.3 Å². The summed E-state index contributed by atoms with van der Waals surface area (Å²) >= 11 is 5.99. The van der Waals surface area contributed by atoms with Crippen LogP contribution >= 0.6 is 11.6 Å². The first kappa shape index (κ1) is 20.2. The van der Waals surface area contributed by atoms with E-state index in [1.807, 2.05) is 0 Å². The van der Waals surface area contributed by atoms with Crippen molar-refractivity contribution in [1.82, 2.24) is 9.80 Å². The highest BCUT2D eigenvalue weighted by molar-refractivity contribution is 6.33. The summed E-state index contributed by atoms with van der Waals surface area (Å²) in [7, 11) is 0. The van der Waals surface area contributed by atoms with Crippen molar-refractivity contribution in [3.63, 3.8) is 0 Å². The smallest absolute Gasteiger partial charge is 0.414 e. The Balaban J connectivity index is 1.37. The highest BCUT2D eigenvalue weighted by atomic mass is 35.5. The van der Waals surface area contributed by atoms with Crippen LogP contribution < -0.4 is 4.90 Å². The number of halogens is 2. The maximum atomic E-state index is 13.2. The van der Waals surface area contributed by atoms with Gasteiger partial charge in [-0.2, -0.15) is 0 Å². The van der Waals surface area contributed by atoms with Crippen molar-refractivity contribution in [3.8, 4) is 0 Å². The molecule has 2 aliphatic heterocycles. The number of nitrogens with zero attached hydrogens (tertiary/aromatic N) is 3. The summed E-state index contributed by atoms with van der Waals surface area (Å²) < 4.78 is 18.1. The zero-order valence-electron chi connectivity index (χ0n) is 16.0. The van der Waals surface area contributed by atoms with E-state index in [-0.39, 0.29) is 22.4 Å². The number of hydrogen-bond donors (Lipinski definition) is 0. The number of cyclic esters (lactones) is 1. The molecule has 30 heavy (non-hydrogen) atoms. The molecular formula is C21H19ClFN3O4. The lowest BCUT2D eigenvalue weighted by Crippen LogP contribution is -2.50. The second kappa shape index (κ2) is 8.31. The van der Waals surface area contributed by atoms with Crippen molar-refractivity contribution in [2.45, 2.75) is 0 Å². The summed E-state index contributed by atoms with van der Waals surface area (Å²) in [5, 5.41) is 0.0699. The monoisotopic (exact) mass is 431 g/mol. The van der Waals surface area contributed by atoms with Gasteiger partial charge in [-0.1, -0.05) is 11.6 Å². The van der Waals surface area contributed by atoms with Gasteiger partial charge in [-0.25, -0.2) is 9.18 Å². The first-order chi connectivity index (χ1) is 14.4. The minimum Gasteiger partial charge on any atom is -0.447 e. The van der Waals surface area contributed by atoms with Crippen LogP contribution in [0, 0.1) is 5.82 Å². The Morgan fingerprint density at radius 2 is 1.53 bits per heavy atom. The van der Waals surface area contributed by atoms with Crippen molar-refractivity contribution in [2.75, 3.05) is 44.2 Å². The minimum atomic E-state index is -0.500.